The fourth-order valence-corrected chi connectivity index (χ4v) is 4.05. The van der Waals surface area contributed by atoms with Gasteiger partial charge in [-0.15, -0.1) is 11.3 Å². The summed E-state index contributed by atoms with van der Waals surface area (Å²) >= 11 is 1.69. The van der Waals surface area contributed by atoms with Crippen molar-refractivity contribution in [3.8, 4) is 5.88 Å². The number of thiazole rings is 1. The molecule has 1 fully saturated rings. The van der Waals surface area contributed by atoms with Crippen LogP contribution < -0.4 is 15.4 Å². The molecule has 0 atom stereocenters. The summed E-state index contributed by atoms with van der Waals surface area (Å²) in [4.78, 5) is 13.8. The number of hydrogen-bond donors (Lipinski definition) is 2. The van der Waals surface area contributed by atoms with E-state index in [1.54, 1.807) is 17.5 Å². The van der Waals surface area contributed by atoms with Gasteiger partial charge in [-0.25, -0.2) is 15.0 Å². The van der Waals surface area contributed by atoms with E-state index in [0.717, 1.165) is 47.5 Å². The molecule has 1 saturated carbocycles. The maximum atomic E-state index is 6.12. The molecule has 0 aromatic carbocycles. The standard InChI is InChI=1S/C21H31N5OS/c1-4-22-21(25-13-19-26-18(14-28-19)15(2)3)24-12-16-8-7-11-23-20(16)27-17-9-5-6-10-17/h7-8,11,14-15,17H,4-6,9-10,12-13H2,1-3H3,(H2,22,24,25). The second kappa shape index (κ2) is 10.4. The number of aliphatic imine (C=N–C) groups is 1. The predicted octanol–water partition coefficient (Wildman–Crippen LogP) is 4.24. The van der Waals surface area contributed by atoms with E-state index < -0.39 is 0 Å². The van der Waals surface area contributed by atoms with Gasteiger partial charge in [0.2, 0.25) is 5.88 Å². The molecule has 3 rings (SSSR count). The van der Waals surface area contributed by atoms with Gasteiger partial charge in [-0.05, 0) is 44.6 Å². The van der Waals surface area contributed by atoms with Gasteiger partial charge in [0.25, 0.3) is 0 Å². The molecule has 0 unspecified atom stereocenters. The van der Waals surface area contributed by atoms with Gasteiger partial charge in [-0.2, -0.15) is 0 Å². The van der Waals surface area contributed by atoms with E-state index in [1.165, 1.54) is 12.8 Å². The van der Waals surface area contributed by atoms with E-state index >= 15 is 0 Å². The van der Waals surface area contributed by atoms with Gasteiger partial charge in [-0.3, -0.25) is 0 Å². The first-order valence-corrected chi connectivity index (χ1v) is 11.1. The van der Waals surface area contributed by atoms with Crippen LogP contribution in [0.1, 0.15) is 68.6 Å². The van der Waals surface area contributed by atoms with Crippen LogP contribution >= 0.6 is 11.3 Å². The SMILES string of the molecule is CCNC(=NCc1cccnc1OC1CCCC1)NCc1nc(C(C)C)cs1. The quantitative estimate of drug-likeness (QED) is 0.511. The maximum absolute atomic E-state index is 6.12. The highest BCUT2D eigenvalue weighted by atomic mass is 32.1. The molecule has 7 heteroatoms. The number of hydrogen-bond acceptors (Lipinski definition) is 5. The summed E-state index contributed by atoms with van der Waals surface area (Å²) in [6, 6.07) is 3.98. The summed E-state index contributed by atoms with van der Waals surface area (Å²) in [6.07, 6.45) is 6.81. The molecule has 0 aliphatic heterocycles. The average Bonchev–Trinajstić information content (AvgIpc) is 3.37. The van der Waals surface area contributed by atoms with Crippen LogP contribution in [-0.2, 0) is 13.1 Å². The zero-order valence-electron chi connectivity index (χ0n) is 17.1. The van der Waals surface area contributed by atoms with Crippen molar-refractivity contribution >= 4 is 17.3 Å². The van der Waals surface area contributed by atoms with Crippen molar-refractivity contribution in [2.24, 2.45) is 4.99 Å². The summed E-state index contributed by atoms with van der Waals surface area (Å²) in [5, 5.41) is 9.88. The van der Waals surface area contributed by atoms with Crippen LogP contribution in [0.5, 0.6) is 5.88 Å². The molecule has 2 N–H and O–H groups in total. The maximum Gasteiger partial charge on any atom is 0.218 e. The molecule has 2 aromatic heterocycles. The second-order valence-corrected chi connectivity index (χ2v) is 8.30. The first-order valence-electron chi connectivity index (χ1n) is 10.2. The van der Waals surface area contributed by atoms with Crippen molar-refractivity contribution in [1.29, 1.82) is 0 Å². The highest BCUT2D eigenvalue weighted by Gasteiger charge is 2.18. The number of aromatic nitrogens is 2. The van der Waals surface area contributed by atoms with Crippen LogP contribution in [0, 0.1) is 0 Å². The summed E-state index contributed by atoms with van der Waals surface area (Å²) < 4.78 is 6.12. The number of guanidine groups is 1. The van der Waals surface area contributed by atoms with E-state index in [9.17, 15) is 0 Å². The lowest BCUT2D eigenvalue weighted by Gasteiger charge is -2.15. The van der Waals surface area contributed by atoms with Crippen LogP contribution in [0.4, 0.5) is 0 Å². The molecular weight excluding hydrogens is 370 g/mol. The molecule has 6 nitrogen and oxygen atoms in total. The molecule has 0 spiro atoms. The van der Waals surface area contributed by atoms with Crippen molar-refractivity contribution < 1.29 is 4.74 Å². The first kappa shape index (κ1) is 20.6. The van der Waals surface area contributed by atoms with Crippen molar-refractivity contribution in [3.63, 3.8) is 0 Å². The van der Waals surface area contributed by atoms with Gasteiger partial charge < -0.3 is 15.4 Å². The Kier molecular flexibility index (Phi) is 7.65. The molecule has 0 amide bonds. The molecule has 1 aliphatic rings. The third kappa shape index (κ3) is 5.92. The predicted molar refractivity (Wildman–Crippen MR) is 115 cm³/mol. The second-order valence-electron chi connectivity index (χ2n) is 7.36. The number of nitrogens with zero attached hydrogens (tertiary/aromatic N) is 3. The molecular formula is C21H31N5OS. The normalized spacial score (nSPS) is 15.2. The Bertz CT molecular complexity index is 768. The molecule has 2 heterocycles. The van der Waals surface area contributed by atoms with E-state index in [1.807, 2.05) is 12.1 Å². The van der Waals surface area contributed by atoms with Gasteiger partial charge in [0.05, 0.1) is 18.8 Å². The van der Waals surface area contributed by atoms with E-state index in [4.69, 9.17) is 9.73 Å². The minimum atomic E-state index is 0.295. The van der Waals surface area contributed by atoms with Crippen molar-refractivity contribution in [1.82, 2.24) is 20.6 Å². The highest BCUT2D eigenvalue weighted by Crippen LogP contribution is 2.25. The zero-order chi connectivity index (χ0) is 19.8. The van der Waals surface area contributed by atoms with Crippen LogP contribution in [0.15, 0.2) is 28.7 Å². The number of ether oxygens (including phenoxy) is 1. The van der Waals surface area contributed by atoms with Gasteiger partial charge >= 0.3 is 0 Å². The van der Waals surface area contributed by atoms with Gasteiger partial charge in [0.1, 0.15) is 11.1 Å². The van der Waals surface area contributed by atoms with Gasteiger partial charge in [0.15, 0.2) is 5.96 Å². The Morgan fingerprint density at radius 2 is 2.14 bits per heavy atom. The molecule has 0 radical (unpaired) electrons. The molecule has 1 aliphatic carbocycles. The largest absolute Gasteiger partial charge is 0.474 e. The van der Waals surface area contributed by atoms with E-state index in [0.29, 0.717) is 25.1 Å². The first-order chi connectivity index (χ1) is 13.7. The van der Waals surface area contributed by atoms with Gasteiger partial charge in [-0.1, -0.05) is 19.9 Å². The Labute approximate surface area is 171 Å². The van der Waals surface area contributed by atoms with Crippen LogP contribution in [0.25, 0.3) is 0 Å². The molecule has 0 saturated heterocycles. The summed E-state index contributed by atoms with van der Waals surface area (Å²) in [7, 11) is 0. The summed E-state index contributed by atoms with van der Waals surface area (Å²) in [5.41, 5.74) is 2.16. The third-order valence-corrected chi connectivity index (χ3v) is 5.62. The molecule has 0 bridgehead atoms. The Hall–Kier alpha value is -2.15. The van der Waals surface area contributed by atoms with Crippen molar-refractivity contribution in [2.75, 3.05) is 6.54 Å². The number of rotatable bonds is 8. The molecule has 2 aromatic rings. The van der Waals surface area contributed by atoms with Crippen LogP contribution in [-0.4, -0.2) is 28.6 Å². The van der Waals surface area contributed by atoms with Crippen LogP contribution in [0.2, 0.25) is 0 Å². The van der Waals surface area contributed by atoms with E-state index in [-0.39, 0.29) is 0 Å². The minimum absolute atomic E-state index is 0.295. The lowest BCUT2D eigenvalue weighted by atomic mass is 10.2. The topological polar surface area (TPSA) is 71.4 Å². The van der Waals surface area contributed by atoms with Crippen molar-refractivity contribution in [2.45, 2.75) is 71.6 Å². The molecule has 28 heavy (non-hydrogen) atoms. The lowest BCUT2D eigenvalue weighted by Crippen LogP contribution is -2.36. The number of pyridine rings is 1. The minimum Gasteiger partial charge on any atom is -0.474 e. The Morgan fingerprint density at radius 3 is 2.86 bits per heavy atom. The third-order valence-electron chi connectivity index (χ3n) is 4.75. The average molecular weight is 402 g/mol. The Balaban J connectivity index is 1.62. The van der Waals surface area contributed by atoms with Crippen LogP contribution in [0.3, 0.4) is 0 Å². The summed E-state index contributed by atoms with van der Waals surface area (Å²) in [6.45, 7) is 8.39. The summed E-state index contributed by atoms with van der Waals surface area (Å²) in [5.74, 6) is 1.95. The van der Waals surface area contributed by atoms with E-state index in [2.05, 4.69) is 46.8 Å². The fraction of sp³-hybridized carbons (Fsp3) is 0.571. The fourth-order valence-electron chi connectivity index (χ4n) is 3.15. The zero-order valence-corrected chi connectivity index (χ0v) is 17.9. The Morgan fingerprint density at radius 1 is 1.32 bits per heavy atom. The smallest absolute Gasteiger partial charge is 0.218 e. The highest BCUT2D eigenvalue weighted by molar-refractivity contribution is 7.09. The monoisotopic (exact) mass is 401 g/mol. The lowest BCUT2D eigenvalue weighted by molar-refractivity contribution is 0.199. The molecule has 152 valence electrons. The van der Waals surface area contributed by atoms with Gasteiger partial charge in [0, 0.05) is 23.7 Å². The number of nitrogens with one attached hydrogen (secondary N) is 2. The van der Waals surface area contributed by atoms with Crippen molar-refractivity contribution in [3.05, 3.63) is 40.0 Å².